The molecule has 1 saturated heterocycles. The summed E-state index contributed by atoms with van der Waals surface area (Å²) in [5.74, 6) is -2.47. The molecule has 3 N–H and O–H groups in total. The molecule has 2 aliphatic rings. The lowest BCUT2D eigenvalue weighted by atomic mass is 9.82. The molecule has 5 nitrogen and oxygen atoms in total. The second-order valence-electron chi connectivity index (χ2n) is 7.30. The van der Waals surface area contributed by atoms with Crippen LogP contribution in [-0.2, 0) is 9.59 Å². The van der Waals surface area contributed by atoms with E-state index in [0.29, 0.717) is 32.2 Å². The average Bonchev–Trinajstić information content (AvgIpc) is 2.91. The molecule has 1 aliphatic carbocycles. The van der Waals surface area contributed by atoms with Crippen LogP contribution in [0.3, 0.4) is 0 Å². The lowest BCUT2D eigenvalue weighted by Crippen LogP contribution is -2.47. The van der Waals surface area contributed by atoms with Crippen LogP contribution in [0.15, 0.2) is 0 Å². The molecule has 1 saturated carbocycles. The van der Waals surface area contributed by atoms with Gasteiger partial charge in [0, 0.05) is 31.3 Å². The fraction of sp³-hybridized carbons (Fsp3) is 0.882. The van der Waals surface area contributed by atoms with Crippen molar-refractivity contribution in [2.45, 2.75) is 69.9 Å². The molecule has 24 heavy (non-hydrogen) atoms. The summed E-state index contributed by atoms with van der Waals surface area (Å²) in [5, 5.41) is 8.75. The highest BCUT2D eigenvalue weighted by Gasteiger charge is 2.36. The van der Waals surface area contributed by atoms with E-state index in [9.17, 15) is 18.4 Å². The average molecular weight is 345 g/mol. The lowest BCUT2D eigenvalue weighted by Gasteiger charge is -2.30. The molecule has 7 heteroatoms. The van der Waals surface area contributed by atoms with E-state index < -0.39 is 5.92 Å². The van der Waals surface area contributed by atoms with Crippen molar-refractivity contribution in [1.82, 2.24) is 16.0 Å². The molecule has 138 valence electrons. The summed E-state index contributed by atoms with van der Waals surface area (Å²) in [6, 6.07) is -0.459. The molecule has 2 fully saturated rings. The first-order chi connectivity index (χ1) is 11.3. The minimum Gasteiger partial charge on any atom is -0.356 e. The number of likely N-dealkylation sites (N-methyl/N-ethyl adjacent to an activating group) is 1. The van der Waals surface area contributed by atoms with E-state index in [1.165, 1.54) is 0 Å². The minimum absolute atomic E-state index is 0.0334. The van der Waals surface area contributed by atoms with Crippen LogP contribution < -0.4 is 16.0 Å². The number of rotatable bonds is 7. The molecule has 2 amide bonds. The number of hydrogen-bond donors (Lipinski definition) is 3. The van der Waals surface area contributed by atoms with Crippen LogP contribution in [0.2, 0.25) is 0 Å². The number of hydrogen-bond acceptors (Lipinski definition) is 3. The Hall–Kier alpha value is -1.24. The van der Waals surface area contributed by atoms with Gasteiger partial charge in [-0.3, -0.25) is 9.59 Å². The SMILES string of the molecule is CNC(CC1CCC(F)(F)CC1)C(=O)NC(C)CC1CCNC1=O. The standard InChI is InChI=1S/C17H29F2N3O2/c1-11(9-13-5-8-21-15(13)23)22-16(24)14(20-2)10-12-3-6-17(18,19)7-4-12/h11-14,20H,3-10H2,1-2H3,(H,21,23)(H,22,24). The van der Waals surface area contributed by atoms with Gasteiger partial charge in [0.2, 0.25) is 17.7 Å². The molecule has 2 rings (SSSR count). The fourth-order valence-corrected chi connectivity index (χ4v) is 3.72. The summed E-state index contributed by atoms with van der Waals surface area (Å²) in [6.07, 6.45) is 2.79. The van der Waals surface area contributed by atoms with E-state index in [1.807, 2.05) is 6.92 Å². The van der Waals surface area contributed by atoms with Crippen molar-refractivity contribution in [1.29, 1.82) is 0 Å². The molecule has 0 spiro atoms. The van der Waals surface area contributed by atoms with Crippen molar-refractivity contribution in [2.75, 3.05) is 13.6 Å². The normalized spacial score (nSPS) is 26.7. The van der Waals surface area contributed by atoms with Gasteiger partial charge in [0.15, 0.2) is 0 Å². The molecule has 3 atom stereocenters. The summed E-state index contributed by atoms with van der Waals surface area (Å²) in [4.78, 5) is 24.0. The Morgan fingerprint density at radius 2 is 1.96 bits per heavy atom. The van der Waals surface area contributed by atoms with Crippen LogP contribution in [0.1, 0.15) is 51.9 Å². The highest BCUT2D eigenvalue weighted by atomic mass is 19.3. The van der Waals surface area contributed by atoms with Gasteiger partial charge in [0.1, 0.15) is 0 Å². The third kappa shape index (κ3) is 5.40. The zero-order valence-electron chi connectivity index (χ0n) is 14.5. The molecule has 0 radical (unpaired) electrons. The molecule has 0 aromatic heterocycles. The predicted molar refractivity (Wildman–Crippen MR) is 87.7 cm³/mol. The van der Waals surface area contributed by atoms with Gasteiger partial charge in [-0.15, -0.1) is 0 Å². The van der Waals surface area contributed by atoms with Gasteiger partial charge < -0.3 is 16.0 Å². The van der Waals surface area contributed by atoms with Crippen molar-refractivity contribution in [3.63, 3.8) is 0 Å². The van der Waals surface area contributed by atoms with Crippen LogP contribution in [0, 0.1) is 11.8 Å². The quantitative estimate of drug-likeness (QED) is 0.659. The maximum Gasteiger partial charge on any atom is 0.248 e. The molecule has 1 aliphatic heterocycles. The number of carbonyl (C=O) groups is 2. The first-order valence-electron chi connectivity index (χ1n) is 8.94. The Morgan fingerprint density at radius 3 is 2.50 bits per heavy atom. The number of alkyl halides is 2. The molecular weight excluding hydrogens is 316 g/mol. The summed E-state index contributed by atoms with van der Waals surface area (Å²) in [6.45, 7) is 2.60. The molecule has 0 bridgehead atoms. The number of halogens is 2. The topological polar surface area (TPSA) is 70.2 Å². The minimum atomic E-state index is -2.54. The van der Waals surface area contributed by atoms with Crippen LogP contribution in [0.4, 0.5) is 8.78 Å². The maximum atomic E-state index is 13.2. The highest BCUT2D eigenvalue weighted by molar-refractivity contribution is 5.82. The van der Waals surface area contributed by atoms with Crippen molar-refractivity contribution in [3.8, 4) is 0 Å². The summed E-state index contributed by atoms with van der Waals surface area (Å²) in [5.41, 5.74) is 0. The van der Waals surface area contributed by atoms with Crippen molar-refractivity contribution in [3.05, 3.63) is 0 Å². The Bertz CT molecular complexity index is 449. The lowest BCUT2D eigenvalue weighted by molar-refractivity contribution is -0.126. The van der Waals surface area contributed by atoms with E-state index in [4.69, 9.17) is 0 Å². The van der Waals surface area contributed by atoms with Crippen molar-refractivity contribution in [2.24, 2.45) is 11.8 Å². The number of nitrogens with one attached hydrogen (secondary N) is 3. The Morgan fingerprint density at radius 1 is 1.29 bits per heavy atom. The van der Waals surface area contributed by atoms with Gasteiger partial charge in [-0.25, -0.2) is 8.78 Å². The first-order valence-corrected chi connectivity index (χ1v) is 8.94. The van der Waals surface area contributed by atoms with Crippen molar-refractivity contribution >= 4 is 11.8 Å². The fourth-order valence-electron chi connectivity index (χ4n) is 3.72. The number of carbonyl (C=O) groups excluding carboxylic acids is 2. The van der Waals surface area contributed by atoms with Gasteiger partial charge in [-0.1, -0.05) is 0 Å². The van der Waals surface area contributed by atoms with E-state index in [2.05, 4.69) is 16.0 Å². The van der Waals surface area contributed by atoms with Gasteiger partial charge >= 0.3 is 0 Å². The first kappa shape index (κ1) is 19.1. The second-order valence-corrected chi connectivity index (χ2v) is 7.30. The third-order valence-corrected chi connectivity index (χ3v) is 5.26. The largest absolute Gasteiger partial charge is 0.356 e. The van der Waals surface area contributed by atoms with Crippen LogP contribution in [0.5, 0.6) is 0 Å². The molecule has 3 unspecified atom stereocenters. The van der Waals surface area contributed by atoms with Gasteiger partial charge in [-0.05, 0) is 52.0 Å². The summed E-state index contributed by atoms with van der Waals surface area (Å²) in [7, 11) is 1.72. The summed E-state index contributed by atoms with van der Waals surface area (Å²) >= 11 is 0. The molecule has 1 heterocycles. The van der Waals surface area contributed by atoms with Gasteiger partial charge in [0.25, 0.3) is 0 Å². The van der Waals surface area contributed by atoms with E-state index in [-0.39, 0.29) is 48.6 Å². The zero-order chi connectivity index (χ0) is 17.7. The maximum absolute atomic E-state index is 13.2. The Kier molecular flexibility index (Phi) is 6.54. The zero-order valence-corrected chi connectivity index (χ0v) is 14.5. The van der Waals surface area contributed by atoms with E-state index in [0.717, 1.165) is 6.42 Å². The molecular formula is C17H29F2N3O2. The molecule has 0 aromatic carbocycles. The second kappa shape index (κ2) is 8.23. The Balaban J connectivity index is 1.77. The van der Waals surface area contributed by atoms with Crippen LogP contribution >= 0.6 is 0 Å². The van der Waals surface area contributed by atoms with Crippen LogP contribution in [0.25, 0.3) is 0 Å². The number of amides is 2. The van der Waals surface area contributed by atoms with E-state index in [1.54, 1.807) is 7.05 Å². The van der Waals surface area contributed by atoms with Gasteiger partial charge in [-0.2, -0.15) is 0 Å². The van der Waals surface area contributed by atoms with E-state index >= 15 is 0 Å². The van der Waals surface area contributed by atoms with Crippen molar-refractivity contribution < 1.29 is 18.4 Å². The van der Waals surface area contributed by atoms with Crippen LogP contribution in [-0.4, -0.2) is 43.4 Å². The molecule has 0 aromatic rings. The Labute approximate surface area is 142 Å². The highest BCUT2D eigenvalue weighted by Crippen LogP contribution is 2.37. The summed E-state index contributed by atoms with van der Waals surface area (Å²) < 4.78 is 26.5. The smallest absolute Gasteiger partial charge is 0.248 e. The third-order valence-electron chi connectivity index (χ3n) is 5.26. The monoisotopic (exact) mass is 345 g/mol. The predicted octanol–water partition coefficient (Wildman–Crippen LogP) is 1.82. The van der Waals surface area contributed by atoms with Gasteiger partial charge in [0.05, 0.1) is 6.04 Å².